The maximum atomic E-state index is 12.7. The summed E-state index contributed by atoms with van der Waals surface area (Å²) >= 11 is 0. The van der Waals surface area contributed by atoms with Crippen LogP contribution in [0.2, 0.25) is 0 Å². The van der Waals surface area contributed by atoms with Crippen molar-refractivity contribution >= 4 is 53.5 Å². The minimum atomic E-state index is -0.987. The largest absolute Gasteiger partial charge is 0.480 e. The first-order chi connectivity index (χ1) is 38.8. The maximum absolute atomic E-state index is 12.7. The molecule has 3 aromatic carbocycles. The fourth-order valence-electron chi connectivity index (χ4n) is 10.1. The number of amides is 3. The molecule has 3 fully saturated rings. The molecule has 0 saturated carbocycles. The number of nitrogens with one attached hydrogen (secondary N) is 3. The lowest BCUT2D eigenvalue weighted by Crippen LogP contribution is -2.53. The molecule has 21 nitrogen and oxygen atoms in total. The van der Waals surface area contributed by atoms with E-state index in [0.717, 1.165) is 16.7 Å². The Labute approximate surface area is 475 Å². The van der Waals surface area contributed by atoms with Crippen LogP contribution in [0.5, 0.6) is 0 Å². The number of esters is 3. The molecule has 3 aliphatic heterocycles. The Kier molecular flexibility index (Phi) is 28.5. The van der Waals surface area contributed by atoms with Crippen LogP contribution in [-0.2, 0) is 76.6 Å². The molecule has 6 N–H and O–H groups in total. The number of carboxylic acids is 3. The summed E-state index contributed by atoms with van der Waals surface area (Å²) in [4.78, 5) is 113. The van der Waals surface area contributed by atoms with Crippen LogP contribution in [0.3, 0.4) is 0 Å². The summed E-state index contributed by atoms with van der Waals surface area (Å²) in [6, 6.07) is 23.1. The molecule has 81 heavy (non-hydrogen) atoms. The average molecular weight is 1130 g/mol. The van der Waals surface area contributed by atoms with E-state index in [9.17, 15) is 58.5 Å². The molecule has 3 amide bonds. The molecule has 0 aliphatic carbocycles. The number of aryl methyl sites for hydroxylation is 3. The third-order valence-corrected chi connectivity index (χ3v) is 14.3. The van der Waals surface area contributed by atoms with Gasteiger partial charge in [-0.15, -0.1) is 0 Å². The predicted molar refractivity (Wildman–Crippen MR) is 300 cm³/mol. The Balaban J connectivity index is 0.000000261. The number of nitrogens with zero attached hydrogens (tertiary/aromatic N) is 3. The number of hydrogen-bond donors (Lipinski definition) is 6. The molecule has 0 aromatic heterocycles. The summed E-state index contributed by atoms with van der Waals surface area (Å²) < 4.78 is 15.4. The van der Waals surface area contributed by atoms with Gasteiger partial charge in [-0.1, -0.05) is 91.0 Å². The van der Waals surface area contributed by atoms with Gasteiger partial charge in [-0.2, -0.15) is 0 Å². The van der Waals surface area contributed by atoms with Gasteiger partial charge in [0.25, 0.3) is 0 Å². The Hall–Kier alpha value is -7.23. The molecule has 21 heteroatoms. The van der Waals surface area contributed by atoms with E-state index in [1.807, 2.05) is 91.0 Å². The zero-order chi connectivity index (χ0) is 59.4. The molecule has 9 atom stereocenters. The minimum absolute atomic E-state index is 0.262. The normalized spacial score (nSPS) is 18.7. The van der Waals surface area contributed by atoms with Gasteiger partial charge in [-0.25, -0.2) is 14.4 Å². The third-order valence-electron chi connectivity index (χ3n) is 14.3. The standard InChI is InChI=1S/3C20H28N2O5/c3*1-3-27-20(26)16(12-11-15-8-5-4-6-9-15)21-14(2)18(23)22-13-7-10-17(22)19(24)25/h3*4-6,8-9,14,16-17,21H,3,7,10-13H2,1-2H3,(H,24,25)/t3*14-,16-,17-/m000/s1. The maximum Gasteiger partial charge on any atom is 0.326 e. The topological polar surface area (TPSA) is 288 Å². The van der Waals surface area contributed by atoms with Crippen molar-refractivity contribution in [1.29, 1.82) is 0 Å². The molecule has 3 saturated heterocycles. The van der Waals surface area contributed by atoms with Crippen LogP contribution in [-0.4, -0.2) is 177 Å². The lowest BCUT2D eigenvalue weighted by molar-refractivity contribution is -0.150. The molecular formula is C60H84N6O15. The van der Waals surface area contributed by atoms with Crippen molar-refractivity contribution in [1.82, 2.24) is 30.7 Å². The second-order valence-corrected chi connectivity index (χ2v) is 20.2. The average Bonchev–Trinajstić information content (AvgIpc) is 4.28. The van der Waals surface area contributed by atoms with Gasteiger partial charge in [0.1, 0.15) is 36.3 Å². The first kappa shape index (κ1) is 66.3. The van der Waals surface area contributed by atoms with Gasteiger partial charge in [0, 0.05) is 19.6 Å². The van der Waals surface area contributed by atoms with Crippen LogP contribution in [0, 0.1) is 0 Å². The van der Waals surface area contributed by atoms with E-state index in [4.69, 9.17) is 14.2 Å². The fraction of sp³-hybridized carbons (Fsp3) is 0.550. The SMILES string of the molecule is CCOC(=O)[C@H](CCc1ccccc1)N[C@@H](C)C(=O)N1CCC[C@H]1C(=O)O.CCOC(=O)[C@H](CCc1ccccc1)N[C@@H](C)C(=O)N1CCC[C@H]1C(=O)O.CCOC(=O)[C@H](CCc1ccccc1)N[C@@H](C)C(=O)N1CCC[C@H]1C(=O)O. The highest BCUT2D eigenvalue weighted by Gasteiger charge is 2.40. The second-order valence-electron chi connectivity index (χ2n) is 20.2. The molecule has 3 aliphatic rings. The van der Waals surface area contributed by atoms with Crippen molar-refractivity contribution < 1.29 is 72.7 Å². The van der Waals surface area contributed by atoms with E-state index in [1.54, 1.807) is 41.5 Å². The van der Waals surface area contributed by atoms with E-state index >= 15 is 0 Å². The summed E-state index contributed by atoms with van der Waals surface area (Å²) in [5.41, 5.74) is 3.29. The van der Waals surface area contributed by atoms with Crippen LogP contribution in [0.1, 0.15) is 116 Å². The van der Waals surface area contributed by atoms with Crippen molar-refractivity contribution in [3.8, 4) is 0 Å². The molecule has 0 unspecified atom stereocenters. The van der Waals surface area contributed by atoms with Gasteiger partial charge in [0.15, 0.2) is 0 Å². The van der Waals surface area contributed by atoms with Crippen LogP contribution in [0.15, 0.2) is 91.0 Å². The molecule has 444 valence electrons. The zero-order valence-corrected chi connectivity index (χ0v) is 47.7. The number of rotatable bonds is 27. The van der Waals surface area contributed by atoms with E-state index in [1.165, 1.54) is 14.7 Å². The van der Waals surface area contributed by atoms with Gasteiger partial charge in [0.05, 0.1) is 37.9 Å². The molecule has 3 heterocycles. The lowest BCUT2D eigenvalue weighted by atomic mass is 10.0. The van der Waals surface area contributed by atoms with Crippen molar-refractivity contribution in [3.05, 3.63) is 108 Å². The monoisotopic (exact) mass is 1130 g/mol. The number of carbonyl (C=O) groups excluding carboxylic acids is 6. The number of ether oxygens (including phenoxy) is 3. The molecule has 0 bridgehead atoms. The molecular weight excluding hydrogens is 1040 g/mol. The van der Waals surface area contributed by atoms with Crippen molar-refractivity contribution in [2.75, 3.05) is 39.5 Å². The highest BCUT2D eigenvalue weighted by molar-refractivity contribution is 5.90. The summed E-state index contributed by atoms with van der Waals surface area (Å²) in [5, 5.41) is 37.0. The van der Waals surface area contributed by atoms with Crippen LogP contribution >= 0.6 is 0 Å². The van der Waals surface area contributed by atoms with E-state index in [0.29, 0.717) is 96.7 Å². The summed E-state index contributed by atoms with van der Waals surface area (Å²) in [6.45, 7) is 12.3. The first-order valence-electron chi connectivity index (χ1n) is 28.3. The number of likely N-dealkylation sites (tertiary alicyclic amines) is 3. The van der Waals surface area contributed by atoms with E-state index in [-0.39, 0.29) is 37.5 Å². The van der Waals surface area contributed by atoms with Crippen molar-refractivity contribution in [3.63, 3.8) is 0 Å². The minimum Gasteiger partial charge on any atom is -0.480 e. The number of aliphatic carboxylic acids is 3. The van der Waals surface area contributed by atoms with Gasteiger partial charge in [0.2, 0.25) is 17.7 Å². The summed E-state index contributed by atoms with van der Waals surface area (Å²) in [6.07, 6.45) is 6.86. The van der Waals surface area contributed by atoms with Crippen molar-refractivity contribution in [2.45, 2.75) is 173 Å². The molecule has 0 spiro atoms. The second kappa shape index (κ2) is 34.8. The number of carbonyl (C=O) groups is 9. The Morgan fingerprint density at radius 3 is 0.877 bits per heavy atom. The van der Waals surface area contributed by atoms with Crippen molar-refractivity contribution in [2.24, 2.45) is 0 Å². The molecule has 6 rings (SSSR count). The zero-order valence-electron chi connectivity index (χ0n) is 47.7. The smallest absolute Gasteiger partial charge is 0.326 e. The van der Waals surface area contributed by atoms with Gasteiger partial charge in [-0.05, 0) is 135 Å². The number of benzene rings is 3. The highest BCUT2D eigenvalue weighted by atomic mass is 16.5. The predicted octanol–water partition coefficient (Wildman–Crippen LogP) is 4.81. The Morgan fingerprint density at radius 2 is 0.667 bits per heavy atom. The molecule has 3 aromatic rings. The van der Waals surface area contributed by atoms with Crippen LogP contribution in [0.4, 0.5) is 0 Å². The molecule has 0 radical (unpaired) electrons. The number of hydrogen-bond acceptors (Lipinski definition) is 15. The Bertz CT molecular complexity index is 2220. The quantitative estimate of drug-likeness (QED) is 0.0441. The summed E-state index contributed by atoms with van der Waals surface area (Å²) in [7, 11) is 0. The van der Waals surface area contributed by atoms with E-state index in [2.05, 4.69) is 16.0 Å². The van der Waals surface area contributed by atoms with Gasteiger partial charge in [-0.3, -0.25) is 44.7 Å². The van der Waals surface area contributed by atoms with Crippen LogP contribution in [0.25, 0.3) is 0 Å². The van der Waals surface area contributed by atoms with E-state index < -0.39 is 90.2 Å². The Morgan fingerprint density at radius 1 is 0.432 bits per heavy atom. The summed E-state index contributed by atoms with van der Waals surface area (Å²) in [5.74, 6) is -5.05. The lowest BCUT2D eigenvalue weighted by Gasteiger charge is -2.27. The highest BCUT2D eigenvalue weighted by Crippen LogP contribution is 2.22. The van der Waals surface area contributed by atoms with Crippen LogP contribution < -0.4 is 16.0 Å². The number of carboxylic acid groups (broad SMARTS) is 3. The first-order valence-corrected chi connectivity index (χ1v) is 28.3. The fourth-order valence-corrected chi connectivity index (χ4v) is 10.1. The van der Waals surface area contributed by atoms with Gasteiger partial charge >= 0.3 is 35.8 Å². The third kappa shape index (κ3) is 21.3. The van der Waals surface area contributed by atoms with Gasteiger partial charge < -0.3 is 44.2 Å².